The van der Waals surface area contributed by atoms with E-state index >= 15 is 0 Å². The van der Waals surface area contributed by atoms with Crippen molar-refractivity contribution in [1.29, 1.82) is 0 Å². The maximum absolute atomic E-state index is 13.3. The minimum absolute atomic E-state index is 0.0810. The van der Waals surface area contributed by atoms with Gasteiger partial charge in [-0.3, -0.25) is 0 Å². The predicted molar refractivity (Wildman–Crippen MR) is 80.6 cm³/mol. The third-order valence-corrected chi connectivity index (χ3v) is 4.87. The van der Waals surface area contributed by atoms with E-state index in [4.69, 9.17) is 5.73 Å². The number of aryl methyl sites for hydroxylation is 1. The van der Waals surface area contributed by atoms with Crippen LogP contribution in [0.5, 0.6) is 0 Å². The highest BCUT2D eigenvalue weighted by atomic mass is 32.2. The molecule has 0 unspecified atom stereocenters. The molecule has 6 heteroatoms. The summed E-state index contributed by atoms with van der Waals surface area (Å²) in [5, 5.41) is 0. The molecular weight excluding hydrogens is 291 g/mol. The summed E-state index contributed by atoms with van der Waals surface area (Å²) in [5.41, 5.74) is 7.50. The van der Waals surface area contributed by atoms with Gasteiger partial charge < -0.3 is 5.73 Å². The molecule has 0 bridgehead atoms. The summed E-state index contributed by atoms with van der Waals surface area (Å²) in [6.45, 7) is 2.14. The van der Waals surface area contributed by atoms with E-state index in [9.17, 15) is 12.8 Å². The van der Waals surface area contributed by atoms with Crippen molar-refractivity contribution in [2.24, 2.45) is 0 Å². The van der Waals surface area contributed by atoms with Crippen LogP contribution in [-0.2, 0) is 16.6 Å². The fourth-order valence-corrected chi connectivity index (χ4v) is 3.29. The van der Waals surface area contributed by atoms with Crippen LogP contribution < -0.4 is 5.73 Å². The molecule has 4 nitrogen and oxygen atoms in total. The molecule has 0 aromatic heterocycles. The first-order chi connectivity index (χ1) is 9.79. The molecule has 0 aliphatic rings. The Labute approximate surface area is 124 Å². The second-order valence-electron chi connectivity index (χ2n) is 4.97. The topological polar surface area (TPSA) is 63.4 Å². The molecule has 2 aromatic rings. The molecule has 0 spiro atoms. The molecule has 2 rings (SSSR count). The molecule has 0 aliphatic heterocycles. The number of hydrogen-bond acceptors (Lipinski definition) is 3. The first-order valence-corrected chi connectivity index (χ1v) is 7.81. The zero-order chi connectivity index (χ0) is 15.6. The second-order valence-corrected chi connectivity index (χ2v) is 7.02. The van der Waals surface area contributed by atoms with Gasteiger partial charge in [0.05, 0.1) is 4.90 Å². The summed E-state index contributed by atoms with van der Waals surface area (Å²) < 4.78 is 39.4. The van der Waals surface area contributed by atoms with Crippen molar-refractivity contribution < 1.29 is 12.8 Å². The molecule has 0 saturated heterocycles. The van der Waals surface area contributed by atoms with Crippen LogP contribution in [0.2, 0.25) is 0 Å². The average molecular weight is 308 g/mol. The summed E-state index contributed by atoms with van der Waals surface area (Å²) in [6.07, 6.45) is 0. The minimum Gasteiger partial charge on any atom is -0.399 e. The summed E-state index contributed by atoms with van der Waals surface area (Å²) in [5.74, 6) is -0.669. The van der Waals surface area contributed by atoms with E-state index in [2.05, 4.69) is 0 Å². The second kappa shape index (κ2) is 5.83. The lowest BCUT2D eigenvalue weighted by molar-refractivity contribution is 0.466. The Kier molecular flexibility index (Phi) is 4.29. The van der Waals surface area contributed by atoms with Crippen LogP contribution in [0.4, 0.5) is 10.1 Å². The standard InChI is InChI=1S/C15H17FN2O2S/c1-11-4-3-5-12(6-11)10-18(2)21(19,20)15-8-13(16)7-14(17)9-15/h3-9H,10,17H2,1-2H3. The number of sulfonamides is 1. The fraction of sp³-hybridized carbons (Fsp3) is 0.200. The highest BCUT2D eigenvalue weighted by Crippen LogP contribution is 2.20. The quantitative estimate of drug-likeness (QED) is 0.883. The Hall–Kier alpha value is -1.92. The number of anilines is 1. The third-order valence-electron chi connectivity index (χ3n) is 3.09. The third kappa shape index (κ3) is 3.59. The number of hydrogen-bond donors (Lipinski definition) is 1. The first-order valence-electron chi connectivity index (χ1n) is 6.37. The monoisotopic (exact) mass is 308 g/mol. The van der Waals surface area contributed by atoms with Gasteiger partial charge in [-0.1, -0.05) is 29.8 Å². The molecule has 0 fully saturated rings. The van der Waals surface area contributed by atoms with E-state index in [0.717, 1.165) is 23.3 Å². The van der Waals surface area contributed by atoms with Crippen molar-refractivity contribution in [3.63, 3.8) is 0 Å². The van der Waals surface area contributed by atoms with Gasteiger partial charge in [-0.2, -0.15) is 4.31 Å². The van der Waals surface area contributed by atoms with Gasteiger partial charge in [-0.25, -0.2) is 12.8 Å². The van der Waals surface area contributed by atoms with Crippen molar-refractivity contribution in [2.75, 3.05) is 12.8 Å². The van der Waals surface area contributed by atoms with Gasteiger partial charge in [-0.05, 0) is 30.7 Å². The molecule has 0 aliphatic carbocycles. The van der Waals surface area contributed by atoms with Crippen molar-refractivity contribution >= 4 is 15.7 Å². The largest absolute Gasteiger partial charge is 0.399 e. The Morgan fingerprint density at radius 3 is 2.52 bits per heavy atom. The van der Waals surface area contributed by atoms with Crippen molar-refractivity contribution in [3.8, 4) is 0 Å². The molecule has 21 heavy (non-hydrogen) atoms. The number of rotatable bonds is 4. The molecule has 2 N–H and O–H groups in total. The van der Waals surface area contributed by atoms with Crippen LogP contribution in [0, 0.1) is 12.7 Å². The summed E-state index contributed by atoms with van der Waals surface area (Å²) >= 11 is 0. The molecule has 0 amide bonds. The predicted octanol–water partition coefficient (Wildman–Crippen LogP) is 2.54. The number of nitrogens with two attached hydrogens (primary N) is 1. The average Bonchev–Trinajstić information content (AvgIpc) is 2.37. The zero-order valence-corrected chi connectivity index (χ0v) is 12.7. The molecular formula is C15H17FN2O2S. The van der Waals surface area contributed by atoms with E-state index in [1.165, 1.54) is 17.4 Å². The fourth-order valence-electron chi connectivity index (χ4n) is 2.07. The van der Waals surface area contributed by atoms with Crippen LogP contribution in [0.3, 0.4) is 0 Å². The van der Waals surface area contributed by atoms with E-state index in [0.29, 0.717) is 0 Å². The number of benzene rings is 2. The summed E-state index contributed by atoms with van der Waals surface area (Å²) in [6, 6.07) is 10.9. The van der Waals surface area contributed by atoms with Gasteiger partial charge in [0, 0.05) is 19.3 Å². The van der Waals surface area contributed by atoms with Crippen molar-refractivity contribution in [2.45, 2.75) is 18.4 Å². The molecule has 2 aromatic carbocycles. The number of halogens is 1. The van der Waals surface area contributed by atoms with Crippen LogP contribution in [-0.4, -0.2) is 19.8 Å². The maximum atomic E-state index is 13.3. The lowest BCUT2D eigenvalue weighted by Crippen LogP contribution is -2.26. The summed E-state index contributed by atoms with van der Waals surface area (Å²) in [7, 11) is -2.32. The molecule has 0 saturated carbocycles. The van der Waals surface area contributed by atoms with E-state index in [1.54, 1.807) is 0 Å². The van der Waals surface area contributed by atoms with Crippen molar-refractivity contribution in [1.82, 2.24) is 4.31 Å². The molecule has 0 radical (unpaired) electrons. The molecule has 0 atom stereocenters. The number of nitrogen functional groups attached to an aromatic ring is 1. The van der Waals surface area contributed by atoms with Gasteiger partial charge >= 0.3 is 0 Å². The Bertz CT molecular complexity index is 740. The Balaban J connectivity index is 2.30. The van der Waals surface area contributed by atoms with Gasteiger partial charge in [0.2, 0.25) is 10.0 Å². The SMILES string of the molecule is Cc1cccc(CN(C)S(=O)(=O)c2cc(N)cc(F)c2)c1. The maximum Gasteiger partial charge on any atom is 0.243 e. The highest BCUT2D eigenvalue weighted by molar-refractivity contribution is 7.89. The number of nitrogens with zero attached hydrogens (tertiary/aromatic N) is 1. The van der Waals surface area contributed by atoms with Gasteiger partial charge in [0.25, 0.3) is 0 Å². The van der Waals surface area contributed by atoms with E-state index in [-0.39, 0.29) is 17.1 Å². The highest BCUT2D eigenvalue weighted by Gasteiger charge is 2.22. The smallest absolute Gasteiger partial charge is 0.243 e. The van der Waals surface area contributed by atoms with Crippen LogP contribution in [0.25, 0.3) is 0 Å². The van der Waals surface area contributed by atoms with Crippen LogP contribution >= 0.6 is 0 Å². The minimum atomic E-state index is -3.78. The normalized spacial score (nSPS) is 11.8. The first kappa shape index (κ1) is 15.5. The van der Waals surface area contributed by atoms with E-state index in [1.807, 2.05) is 31.2 Å². The molecule has 112 valence electrons. The Morgan fingerprint density at radius 2 is 1.90 bits per heavy atom. The van der Waals surface area contributed by atoms with Gasteiger partial charge in [0.1, 0.15) is 5.82 Å². The Morgan fingerprint density at radius 1 is 1.19 bits per heavy atom. The van der Waals surface area contributed by atoms with Gasteiger partial charge in [0.15, 0.2) is 0 Å². The zero-order valence-electron chi connectivity index (χ0n) is 11.9. The summed E-state index contributed by atoms with van der Waals surface area (Å²) in [4.78, 5) is -0.143. The van der Waals surface area contributed by atoms with Crippen molar-refractivity contribution in [3.05, 3.63) is 59.4 Å². The molecule has 0 heterocycles. The van der Waals surface area contributed by atoms with Crippen LogP contribution in [0.1, 0.15) is 11.1 Å². The van der Waals surface area contributed by atoms with Gasteiger partial charge in [-0.15, -0.1) is 0 Å². The lowest BCUT2D eigenvalue weighted by atomic mass is 10.1. The lowest BCUT2D eigenvalue weighted by Gasteiger charge is -2.18. The van der Waals surface area contributed by atoms with E-state index < -0.39 is 15.8 Å². The van der Waals surface area contributed by atoms with Crippen LogP contribution in [0.15, 0.2) is 47.4 Å².